The molecule has 0 aliphatic heterocycles. The highest BCUT2D eigenvalue weighted by atomic mass is 35.5. The van der Waals surface area contributed by atoms with Crippen molar-refractivity contribution in [1.29, 1.82) is 0 Å². The van der Waals surface area contributed by atoms with E-state index in [1.807, 2.05) is 12.1 Å². The summed E-state index contributed by atoms with van der Waals surface area (Å²) < 4.78 is 27.7. The SMILES string of the molecule is CC(C)(C)c1ccc(CCC(=O)Nc2ccc(S(=O)(=O)Nc3ccc(Cl)cc3Cl)cc2)cc1. The smallest absolute Gasteiger partial charge is 0.261 e. The van der Waals surface area contributed by atoms with Crippen LogP contribution in [0.2, 0.25) is 10.0 Å². The third kappa shape index (κ3) is 6.97. The standard InChI is InChI=1S/C25H26Cl2N2O3S/c1-25(2,3)18-7-4-17(5-8-18)6-15-24(30)28-20-10-12-21(13-11-20)33(31,32)29-23-14-9-19(26)16-22(23)27/h4-5,7-14,16,29H,6,15H2,1-3H3,(H,28,30). The van der Waals surface area contributed by atoms with Gasteiger partial charge in [-0.1, -0.05) is 68.2 Å². The van der Waals surface area contributed by atoms with Gasteiger partial charge in [0.15, 0.2) is 0 Å². The molecule has 0 fully saturated rings. The van der Waals surface area contributed by atoms with Crippen molar-refractivity contribution in [1.82, 2.24) is 0 Å². The summed E-state index contributed by atoms with van der Waals surface area (Å²) >= 11 is 11.9. The van der Waals surface area contributed by atoms with Crippen LogP contribution in [0, 0.1) is 0 Å². The Labute approximate surface area is 205 Å². The highest BCUT2D eigenvalue weighted by Crippen LogP contribution is 2.28. The number of nitrogens with one attached hydrogen (secondary N) is 2. The minimum absolute atomic E-state index is 0.0467. The van der Waals surface area contributed by atoms with Crippen molar-refractivity contribution in [2.75, 3.05) is 10.0 Å². The van der Waals surface area contributed by atoms with Crippen LogP contribution in [-0.4, -0.2) is 14.3 Å². The summed E-state index contributed by atoms with van der Waals surface area (Å²) in [5, 5.41) is 3.41. The molecule has 0 aliphatic rings. The number of rotatable bonds is 7. The summed E-state index contributed by atoms with van der Waals surface area (Å²) in [5.74, 6) is -0.142. The van der Waals surface area contributed by atoms with Crippen LogP contribution in [0.4, 0.5) is 11.4 Å². The lowest BCUT2D eigenvalue weighted by Crippen LogP contribution is -2.14. The van der Waals surface area contributed by atoms with Crippen molar-refractivity contribution in [3.63, 3.8) is 0 Å². The van der Waals surface area contributed by atoms with E-state index in [0.29, 0.717) is 23.6 Å². The number of hydrogen-bond donors (Lipinski definition) is 2. The molecule has 0 aromatic heterocycles. The lowest BCUT2D eigenvalue weighted by Gasteiger charge is -2.19. The Balaban J connectivity index is 1.57. The lowest BCUT2D eigenvalue weighted by atomic mass is 9.86. The van der Waals surface area contributed by atoms with E-state index in [2.05, 4.69) is 42.9 Å². The lowest BCUT2D eigenvalue weighted by molar-refractivity contribution is -0.116. The van der Waals surface area contributed by atoms with Gasteiger partial charge in [-0.05, 0) is 65.4 Å². The van der Waals surface area contributed by atoms with Crippen LogP contribution in [0.5, 0.6) is 0 Å². The molecule has 8 heteroatoms. The van der Waals surface area contributed by atoms with Gasteiger partial charge in [0.25, 0.3) is 10.0 Å². The Morgan fingerprint density at radius 3 is 2.12 bits per heavy atom. The molecule has 1 amide bonds. The number of aryl methyl sites for hydroxylation is 1. The summed E-state index contributed by atoms with van der Waals surface area (Å²) in [6, 6.07) is 18.7. The second kappa shape index (κ2) is 10.2. The number of benzene rings is 3. The Bertz CT molecular complexity index is 1230. The molecule has 3 aromatic carbocycles. The molecule has 0 saturated carbocycles. The first kappa shape index (κ1) is 25.1. The molecule has 0 unspecified atom stereocenters. The summed E-state index contributed by atoms with van der Waals surface area (Å²) in [6.07, 6.45) is 0.944. The number of carbonyl (C=O) groups excluding carboxylic acids is 1. The average molecular weight is 505 g/mol. The van der Waals surface area contributed by atoms with Gasteiger partial charge >= 0.3 is 0 Å². The number of hydrogen-bond acceptors (Lipinski definition) is 3. The molecule has 174 valence electrons. The molecule has 0 spiro atoms. The predicted molar refractivity (Wildman–Crippen MR) is 136 cm³/mol. The van der Waals surface area contributed by atoms with Crippen LogP contribution in [-0.2, 0) is 26.7 Å². The first-order valence-electron chi connectivity index (χ1n) is 10.4. The molecule has 0 bridgehead atoms. The van der Waals surface area contributed by atoms with Crippen molar-refractivity contribution >= 4 is 50.5 Å². The number of amides is 1. The summed E-state index contributed by atoms with van der Waals surface area (Å²) in [5.41, 5.74) is 3.18. The molecule has 0 aliphatic carbocycles. The fraction of sp³-hybridized carbons (Fsp3) is 0.240. The monoisotopic (exact) mass is 504 g/mol. The van der Waals surface area contributed by atoms with Gasteiger partial charge in [-0.15, -0.1) is 0 Å². The largest absolute Gasteiger partial charge is 0.326 e. The molecular weight excluding hydrogens is 479 g/mol. The molecule has 33 heavy (non-hydrogen) atoms. The number of sulfonamides is 1. The highest BCUT2D eigenvalue weighted by molar-refractivity contribution is 7.92. The average Bonchev–Trinajstić information content (AvgIpc) is 2.74. The maximum absolute atomic E-state index is 12.6. The predicted octanol–water partition coefficient (Wildman–Crippen LogP) is 6.66. The molecule has 0 saturated heterocycles. The van der Waals surface area contributed by atoms with Crippen molar-refractivity contribution in [2.45, 2.75) is 43.9 Å². The van der Waals surface area contributed by atoms with Crippen LogP contribution >= 0.6 is 23.2 Å². The molecule has 3 aromatic rings. The second-order valence-corrected chi connectivity index (χ2v) is 11.3. The Hall–Kier alpha value is -2.54. The van der Waals surface area contributed by atoms with Gasteiger partial charge < -0.3 is 5.32 Å². The third-order valence-electron chi connectivity index (χ3n) is 5.08. The number of carbonyl (C=O) groups is 1. The first-order chi connectivity index (χ1) is 15.4. The zero-order chi connectivity index (χ0) is 24.2. The van der Waals surface area contributed by atoms with Crippen LogP contribution in [0.15, 0.2) is 71.6 Å². The van der Waals surface area contributed by atoms with E-state index in [-0.39, 0.29) is 26.9 Å². The second-order valence-electron chi connectivity index (χ2n) is 8.75. The molecule has 0 atom stereocenters. The molecule has 2 N–H and O–H groups in total. The van der Waals surface area contributed by atoms with E-state index >= 15 is 0 Å². The van der Waals surface area contributed by atoms with Crippen LogP contribution in [0.3, 0.4) is 0 Å². The van der Waals surface area contributed by atoms with Crippen molar-refractivity contribution in [2.24, 2.45) is 0 Å². The van der Waals surface area contributed by atoms with E-state index < -0.39 is 10.0 Å². The van der Waals surface area contributed by atoms with Gasteiger partial charge in [-0.2, -0.15) is 0 Å². The van der Waals surface area contributed by atoms with E-state index in [1.54, 1.807) is 18.2 Å². The zero-order valence-electron chi connectivity index (χ0n) is 18.7. The van der Waals surface area contributed by atoms with Crippen LogP contribution < -0.4 is 10.0 Å². The van der Waals surface area contributed by atoms with Crippen LogP contribution in [0.1, 0.15) is 38.3 Å². The number of anilines is 2. The Morgan fingerprint density at radius 2 is 1.55 bits per heavy atom. The van der Waals surface area contributed by atoms with E-state index in [0.717, 1.165) is 5.56 Å². The first-order valence-corrected chi connectivity index (χ1v) is 12.7. The van der Waals surface area contributed by atoms with Gasteiger partial charge in [0.2, 0.25) is 5.91 Å². The number of halogens is 2. The fourth-order valence-electron chi connectivity index (χ4n) is 3.15. The van der Waals surface area contributed by atoms with E-state index in [9.17, 15) is 13.2 Å². The minimum atomic E-state index is -3.84. The molecular formula is C25H26Cl2N2O3S. The molecule has 3 rings (SSSR count). The van der Waals surface area contributed by atoms with E-state index in [4.69, 9.17) is 23.2 Å². The molecule has 5 nitrogen and oxygen atoms in total. The van der Waals surface area contributed by atoms with Crippen molar-refractivity contribution in [3.8, 4) is 0 Å². The van der Waals surface area contributed by atoms with Crippen LogP contribution in [0.25, 0.3) is 0 Å². The minimum Gasteiger partial charge on any atom is -0.326 e. The zero-order valence-corrected chi connectivity index (χ0v) is 21.0. The van der Waals surface area contributed by atoms with Gasteiger partial charge in [-0.25, -0.2) is 8.42 Å². The van der Waals surface area contributed by atoms with E-state index in [1.165, 1.54) is 29.8 Å². The Kier molecular flexibility index (Phi) is 7.73. The molecule has 0 radical (unpaired) electrons. The van der Waals surface area contributed by atoms with Gasteiger partial charge in [0.1, 0.15) is 0 Å². The van der Waals surface area contributed by atoms with Gasteiger partial charge in [-0.3, -0.25) is 9.52 Å². The third-order valence-corrected chi connectivity index (χ3v) is 7.01. The quantitative estimate of drug-likeness (QED) is 0.377. The summed E-state index contributed by atoms with van der Waals surface area (Å²) in [4.78, 5) is 12.4. The molecule has 0 heterocycles. The van der Waals surface area contributed by atoms with Gasteiger partial charge in [0, 0.05) is 17.1 Å². The maximum atomic E-state index is 12.6. The highest BCUT2D eigenvalue weighted by Gasteiger charge is 2.16. The van der Waals surface area contributed by atoms with Crippen molar-refractivity contribution < 1.29 is 13.2 Å². The maximum Gasteiger partial charge on any atom is 0.261 e. The van der Waals surface area contributed by atoms with Crippen molar-refractivity contribution in [3.05, 3.63) is 87.9 Å². The topological polar surface area (TPSA) is 75.3 Å². The normalized spacial score (nSPS) is 11.8. The van der Waals surface area contributed by atoms with Gasteiger partial charge in [0.05, 0.1) is 15.6 Å². The summed E-state index contributed by atoms with van der Waals surface area (Å²) in [6.45, 7) is 6.48. The Morgan fingerprint density at radius 1 is 0.909 bits per heavy atom. The summed E-state index contributed by atoms with van der Waals surface area (Å²) in [7, 11) is -3.84. The fourth-order valence-corrected chi connectivity index (χ4v) is 4.74.